The highest BCUT2D eigenvalue weighted by Crippen LogP contribution is 2.50. The fourth-order valence-corrected chi connectivity index (χ4v) is 5.55. The highest BCUT2D eigenvalue weighted by Gasteiger charge is 2.53. The summed E-state index contributed by atoms with van der Waals surface area (Å²) in [5, 5.41) is 13.3. The average Bonchev–Trinajstić information content (AvgIpc) is 3.17. The van der Waals surface area contributed by atoms with Gasteiger partial charge in [0.25, 0.3) is 0 Å². The summed E-state index contributed by atoms with van der Waals surface area (Å²) in [7, 11) is 1.70. The maximum Gasteiger partial charge on any atom is 0.230 e. The predicted octanol–water partition coefficient (Wildman–Crippen LogP) is 3.48. The number of aliphatic hydroxyl groups excluding tert-OH is 1. The van der Waals surface area contributed by atoms with Gasteiger partial charge in [0.1, 0.15) is 17.9 Å². The number of benzene rings is 1. The van der Waals surface area contributed by atoms with Gasteiger partial charge < -0.3 is 24.6 Å². The number of piperidine rings is 1. The third-order valence-electron chi connectivity index (χ3n) is 7.52. The molecule has 3 atom stereocenters. The number of nitrogens with zero attached hydrogens (tertiary/aromatic N) is 5. The van der Waals surface area contributed by atoms with Crippen molar-refractivity contribution in [3.63, 3.8) is 0 Å². The third kappa shape index (κ3) is 3.44. The van der Waals surface area contributed by atoms with E-state index in [4.69, 9.17) is 14.7 Å². The molecule has 6 rings (SSSR count). The second-order valence-corrected chi connectivity index (χ2v) is 9.57. The van der Waals surface area contributed by atoms with Crippen LogP contribution in [0.15, 0.2) is 24.7 Å². The number of hydrogen-bond acceptors (Lipinski definition) is 7. The molecule has 2 aromatic heterocycles. The molecule has 2 aliphatic carbocycles. The van der Waals surface area contributed by atoms with Gasteiger partial charge in [-0.1, -0.05) is 0 Å². The minimum Gasteiger partial charge on any atom is -0.496 e. The standard InChI is InChI=1S/C25H30N6O2/c1-14-7-17(10-22(33-3)15(14)2)30-11-23(26-13-30)28-25-27-20-6-4-5-19(20)24(29-25)31-18(12-32)8-16-9-21(16)31/h7,10-11,13,16,18,21,32H,4-6,8-9,12H2,1-3H3,(H,27,28,29)/t16-,18-,21+/m0/s1. The minimum absolute atomic E-state index is 0.167. The molecule has 2 N–H and O–H groups in total. The monoisotopic (exact) mass is 446 g/mol. The van der Waals surface area contributed by atoms with Crippen molar-refractivity contribution in [1.82, 2.24) is 19.5 Å². The lowest BCUT2D eigenvalue weighted by molar-refractivity contribution is 0.259. The number of anilines is 3. The van der Waals surface area contributed by atoms with Crippen LogP contribution in [0.5, 0.6) is 5.75 Å². The fraction of sp³-hybridized carbons (Fsp3) is 0.480. The van der Waals surface area contributed by atoms with E-state index in [1.54, 1.807) is 13.4 Å². The minimum atomic E-state index is 0.167. The molecule has 0 spiro atoms. The highest BCUT2D eigenvalue weighted by molar-refractivity contribution is 5.60. The SMILES string of the molecule is COc1cc(-n2cnc(Nc3nc4c(c(N5[C@H](CO)C[C@H]6C[C@H]65)n3)CCC4)c2)cc(C)c1C. The van der Waals surface area contributed by atoms with E-state index in [-0.39, 0.29) is 12.6 Å². The van der Waals surface area contributed by atoms with Crippen molar-refractivity contribution >= 4 is 17.6 Å². The van der Waals surface area contributed by atoms with Crippen LogP contribution in [0.25, 0.3) is 5.69 Å². The summed E-state index contributed by atoms with van der Waals surface area (Å²) in [5.41, 5.74) is 5.69. The third-order valence-corrected chi connectivity index (χ3v) is 7.52. The van der Waals surface area contributed by atoms with Gasteiger partial charge in [0.15, 0.2) is 5.82 Å². The van der Waals surface area contributed by atoms with Gasteiger partial charge >= 0.3 is 0 Å². The lowest BCUT2D eigenvalue weighted by Gasteiger charge is -2.29. The van der Waals surface area contributed by atoms with E-state index in [1.807, 2.05) is 16.8 Å². The predicted molar refractivity (Wildman–Crippen MR) is 127 cm³/mol. The molecule has 0 amide bonds. The molecule has 0 bridgehead atoms. The maximum atomic E-state index is 9.95. The van der Waals surface area contributed by atoms with Crippen LogP contribution < -0.4 is 15.0 Å². The Morgan fingerprint density at radius 2 is 2.06 bits per heavy atom. The van der Waals surface area contributed by atoms with Crippen LogP contribution >= 0.6 is 0 Å². The Hall–Kier alpha value is -3.13. The summed E-state index contributed by atoms with van der Waals surface area (Å²) < 4.78 is 7.51. The average molecular weight is 447 g/mol. The lowest BCUT2D eigenvalue weighted by atomic mass is 10.1. The summed E-state index contributed by atoms with van der Waals surface area (Å²) in [6, 6.07) is 4.84. The Labute approximate surface area is 193 Å². The molecular formula is C25H30N6O2. The number of imidazole rings is 1. The van der Waals surface area contributed by atoms with Gasteiger partial charge in [0.2, 0.25) is 5.95 Å². The van der Waals surface area contributed by atoms with E-state index >= 15 is 0 Å². The Morgan fingerprint density at radius 1 is 1.18 bits per heavy atom. The zero-order chi connectivity index (χ0) is 22.7. The van der Waals surface area contributed by atoms with Gasteiger partial charge in [-0.25, -0.2) is 9.97 Å². The highest BCUT2D eigenvalue weighted by atomic mass is 16.5. The van der Waals surface area contributed by atoms with Crippen LogP contribution in [0.1, 0.15) is 41.6 Å². The number of rotatable bonds is 6. The number of nitrogens with one attached hydrogen (secondary N) is 1. The number of hydrogen-bond donors (Lipinski definition) is 2. The van der Waals surface area contributed by atoms with Crippen LogP contribution in [0.3, 0.4) is 0 Å². The van der Waals surface area contributed by atoms with Crippen molar-refractivity contribution in [1.29, 1.82) is 0 Å². The molecule has 3 heterocycles. The van der Waals surface area contributed by atoms with E-state index < -0.39 is 0 Å². The molecule has 2 fully saturated rings. The van der Waals surface area contributed by atoms with Crippen LogP contribution in [-0.4, -0.2) is 50.4 Å². The van der Waals surface area contributed by atoms with Crippen molar-refractivity contribution in [3.05, 3.63) is 47.0 Å². The molecule has 1 aromatic carbocycles. The fourth-order valence-electron chi connectivity index (χ4n) is 5.55. The van der Waals surface area contributed by atoms with Crippen LogP contribution in [0.2, 0.25) is 0 Å². The largest absolute Gasteiger partial charge is 0.496 e. The second kappa shape index (κ2) is 7.73. The van der Waals surface area contributed by atoms with Gasteiger partial charge in [0, 0.05) is 17.7 Å². The molecular weight excluding hydrogens is 416 g/mol. The first-order chi connectivity index (χ1) is 16.1. The second-order valence-electron chi connectivity index (χ2n) is 9.57. The Balaban J connectivity index is 1.31. The van der Waals surface area contributed by atoms with Crippen LogP contribution in [0.4, 0.5) is 17.6 Å². The number of methoxy groups -OCH3 is 1. The summed E-state index contributed by atoms with van der Waals surface area (Å²) >= 11 is 0. The van der Waals surface area contributed by atoms with E-state index in [0.717, 1.165) is 54.2 Å². The zero-order valence-electron chi connectivity index (χ0n) is 19.4. The zero-order valence-corrected chi connectivity index (χ0v) is 19.4. The quantitative estimate of drug-likeness (QED) is 0.599. The maximum absolute atomic E-state index is 9.95. The van der Waals surface area contributed by atoms with E-state index in [2.05, 4.69) is 35.1 Å². The summed E-state index contributed by atoms with van der Waals surface area (Å²) in [6.07, 6.45) is 9.10. The Bertz CT molecular complexity index is 1220. The van der Waals surface area contributed by atoms with Gasteiger partial charge in [-0.15, -0.1) is 0 Å². The van der Waals surface area contributed by atoms with Crippen LogP contribution in [0, 0.1) is 19.8 Å². The number of ether oxygens (including phenoxy) is 1. The number of fused-ring (bicyclic) bond motifs is 2. The Kier molecular flexibility index (Phi) is 4.79. The molecule has 8 nitrogen and oxygen atoms in total. The van der Waals surface area contributed by atoms with Crippen molar-refractivity contribution < 1.29 is 9.84 Å². The van der Waals surface area contributed by atoms with Gasteiger partial charge in [-0.3, -0.25) is 0 Å². The number of aliphatic hydroxyl groups is 1. The first kappa shape index (κ1) is 20.5. The van der Waals surface area contributed by atoms with Gasteiger partial charge in [-0.05, 0) is 69.1 Å². The molecule has 33 heavy (non-hydrogen) atoms. The normalized spacial score (nSPS) is 22.9. The summed E-state index contributed by atoms with van der Waals surface area (Å²) in [6.45, 7) is 4.32. The van der Waals surface area contributed by atoms with Crippen molar-refractivity contribution in [2.75, 3.05) is 23.9 Å². The van der Waals surface area contributed by atoms with E-state index in [1.165, 1.54) is 17.5 Å². The topological polar surface area (TPSA) is 88.3 Å². The number of aryl methyl sites for hydroxylation is 2. The van der Waals surface area contributed by atoms with Crippen molar-refractivity contribution in [2.45, 2.75) is 58.0 Å². The summed E-state index contributed by atoms with van der Waals surface area (Å²) in [4.78, 5) is 16.7. The first-order valence-corrected chi connectivity index (χ1v) is 11.8. The Morgan fingerprint density at radius 3 is 2.88 bits per heavy atom. The molecule has 3 aliphatic rings. The molecule has 0 radical (unpaired) electrons. The molecule has 0 unspecified atom stereocenters. The molecule has 8 heteroatoms. The van der Waals surface area contributed by atoms with Crippen molar-refractivity contribution in [2.24, 2.45) is 5.92 Å². The van der Waals surface area contributed by atoms with Gasteiger partial charge in [-0.2, -0.15) is 4.98 Å². The molecule has 1 aliphatic heterocycles. The van der Waals surface area contributed by atoms with E-state index in [9.17, 15) is 5.11 Å². The molecule has 1 saturated heterocycles. The smallest absolute Gasteiger partial charge is 0.230 e. The molecule has 1 saturated carbocycles. The van der Waals surface area contributed by atoms with Crippen LogP contribution in [-0.2, 0) is 12.8 Å². The number of aromatic nitrogens is 4. The van der Waals surface area contributed by atoms with Gasteiger partial charge in [0.05, 0.1) is 37.3 Å². The van der Waals surface area contributed by atoms with Crippen molar-refractivity contribution in [3.8, 4) is 11.4 Å². The first-order valence-electron chi connectivity index (χ1n) is 11.8. The lowest BCUT2D eigenvalue weighted by Crippen LogP contribution is -2.37. The molecule has 172 valence electrons. The molecule has 3 aromatic rings. The summed E-state index contributed by atoms with van der Waals surface area (Å²) in [5.74, 6) is 3.86. The van der Waals surface area contributed by atoms with E-state index in [0.29, 0.717) is 23.7 Å².